The van der Waals surface area contributed by atoms with Crippen molar-refractivity contribution in [2.45, 2.75) is 13.3 Å². The Morgan fingerprint density at radius 2 is 2.33 bits per heavy atom. The lowest BCUT2D eigenvalue weighted by atomic mass is 10.3. The highest BCUT2D eigenvalue weighted by atomic mass is 32.1. The molecule has 0 spiro atoms. The van der Waals surface area contributed by atoms with E-state index in [4.69, 9.17) is 11.0 Å². The molecule has 0 unspecified atom stereocenters. The molecule has 0 fully saturated rings. The largest absolute Gasteiger partial charge is 0.337 e. The highest BCUT2D eigenvalue weighted by Crippen LogP contribution is 2.17. The molecule has 1 rings (SSSR count). The van der Waals surface area contributed by atoms with Gasteiger partial charge in [0.05, 0.1) is 28.8 Å². The van der Waals surface area contributed by atoms with Gasteiger partial charge in [0.2, 0.25) is 0 Å². The molecule has 0 saturated carbocycles. The third kappa shape index (κ3) is 3.89. The van der Waals surface area contributed by atoms with E-state index in [2.05, 4.69) is 11.8 Å². The zero-order chi connectivity index (χ0) is 13.4. The Kier molecular flexibility index (Phi) is 5.93. The molecule has 0 aromatic carbocycles. The van der Waals surface area contributed by atoms with Gasteiger partial charge in [-0.25, -0.2) is 0 Å². The summed E-state index contributed by atoms with van der Waals surface area (Å²) in [5.74, 6) is 5.61. The third-order valence-electron chi connectivity index (χ3n) is 2.29. The molecule has 18 heavy (non-hydrogen) atoms. The van der Waals surface area contributed by atoms with Gasteiger partial charge in [0.25, 0.3) is 5.91 Å². The van der Waals surface area contributed by atoms with Crippen molar-refractivity contribution in [3.8, 4) is 17.9 Å². The van der Waals surface area contributed by atoms with Crippen LogP contribution < -0.4 is 5.73 Å². The molecule has 2 N–H and O–H groups in total. The van der Waals surface area contributed by atoms with Gasteiger partial charge in [-0.1, -0.05) is 11.8 Å². The maximum atomic E-state index is 12.1. The first kappa shape index (κ1) is 14.2. The van der Waals surface area contributed by atoms with Gasteiger partial charge in [-0.3, -0.25) is 4.79 Å². The van der Waals surface area contributed by atoms with Crippen molar-refractivity contribution >= 4 is 17.2 Å². The molecule has 5 heteroatoms. The van der Waals surface area contributed by atoms with E-state index in [9.17, 15) is 4.79 Å². The number of amides is 1. The van der Waals surface area contributed by atoms with E-state index in [1.807, 2.05) is 19.1 Å². The summed E-state index contributed by atoms with van der Waals surface area (Å²) in [6.45, 7) is 3.28. The van der Waals surface area contributed by atoms with Gasteiger partial charge in [0.15, 0.2) is 0 Å². The van der Waals surface area contributed by atoms with E-state index in [1.54, 1.807) is 11.0 Å². The normalized spacial score (nSPS) is 9.17. The second-order valence-electron chi connectivity index (χ2n) is 3.46. The number of thiophene rings is 1. The van der Waals surface area contributed by atoms with Crippen molar-refractivity contribution in [1.82, 2.24) is 4.90 Å². The summed E-state index contributed by atoms with van der Waals surface area (Å²) in [5.41, 5.74) is 5.29. The van der Waals surface area contributed by atoms with E-state index in [-0.39, 0.29) is 5.91 Å². The van der Waals surface area contributed by atoms with Crippen LogP contribution in [0.3, 0.4) is 0 Å². The highest BCUT2D eigenvalue weighted by Gasteiger charge is 2.15. The summed E-state index contributed by atoms with van der Waals surface area (Å²) >= 11 is 1.35. The number of carbonyl (C=O) groups excluding carboxylic acids is 1. The third-order valence-corrected chi connectivity index (χ3v) is 3.28. The molecule has 0 radical (unpaired) electrons. The monoisotopic (exact) mass is 261 g/mol. The Labute approximate surface area is 111 Å². The molecule has 0 aliphatic rings. The molecule has 1 aromatic rings. The molecule has 0 atom stereocenters. The minimum absolute atomic E-state index is 0.0430. The lowest BCUT2D eigenvalue weighted by Crippen LogP contribution is -2.31. The summed E-state index contributed by atoms with van der Waals surface area (Å²) in [4.78, 5) is 15.3. The van der Waals surface area contributed by atoms with Gasteiger partial charge < -0.3 is 10.6 Å². The van der Waals surface area contributed by atoms with Crippen LogP contribution in [0.2, 0.25) is 0 Å². The molecular weight excluding hydrogens is 246 g/mol. The van der Waals surface area contributed by atoms with Gasteiger partial charge in [-0.2, -0.15) is 5.26 Å². The summed E-state index contributed by atoms with van der Waals surface area (Å²) in [6, 6.07) is 5.63. The average molecular weight is 261 g/mol. The molecule has 1 heterocycles. The van der Waals surface area contributed by atoms with Crippen molar-refractivity contribution in [3.05, 3.63) is 21.9 Å². The van der Waals surface area contributed by atoms with Crippen LogP contribution in [0.1, 0.15) is 27.9 Å². The van der Waals surface area contributed by atoms with Crippen molar-refractivity contribution < 1.29 is 4.79 Å². The van der Waals surface area contributed by atoms with Crippen LogP contribution in [-0.4, -0.2) is 30.4 Å². The van der Waals surface area contributed by atoms with Crippen LogP contribution in [0.15, 0.2) is 12.1 Å². The van der Waals surface area contributed by atoms with E-state index < -0.39 is 0 Å². The minimum Gasteiger partial charge on any atom is -0.337 e. The molecule has 1 aromatic heterocycles. The van der Waals surface area contributed by atoms with Crippen molar-refractivity contribution in [2.24, 2.45) is 5.73 Å². The molecular formula is C13H15N3OS. The SMILES string of the molecule is CCN(CCC#N)C(=O)c1ccc(C#CCN)s1. The van der Waals surface area contributed by atoms with E-state index in [0.29, 0.717) is 30.9 Å². The van der Waals surface area contributed by atoms with Gasteiger partial charge in [0.1, 0.15) is 0 Å². The lowest BCUT2D eigenvalue weighted by molar-refractivity contribution is 0.0772. The summed E-state index contributed by atoms with van der Waals surface area (Å²) < 4.78 is 0. The first-order valence-electron chi connectivity index (χ1n) is 5.68. The second-order valence-corrected chi connectivity index (χ2v) is 4.55. The van der Waals surface area contributed by atoms with Crippen molar-refractivity contribution in [1.29, 1.82) is 5.26 Å². The van der Waals surface area contributed by atoms with Crippen LogP contribution in [0, 0.1) is 23.2 Å². The van der Waals surface area contributed by atoms with Crippen LogP contribution in [0.4, 0.5) is 0 Å². The van der Waals surface area contributed by atoms with Gasteiger partial charge in [-0.05, 0) is 19.1 Å². The van der Waals surface area contributed by atoms with Gasteiger partial charge in [-0.15, -0.1) is 11.3 Å². The Morgan fingerprint density at radius 3 is 2.94 bits per heavy atom. The number of nitrogens with two attached hydrogens (primary N) is 1. The molecule has 4 nitrogen and oxygen atoms in total. The zero-order valence-corrected chi connectivity index (χ0v) is 11.1. The van der Waals surface area contributed by atoms with Crippen LogP contribution >= 0.6 is 11.3 Å². The quantitative estimate of drug-likeness (QED) is 0.834. The predicted molar refractivity (Wildman–Crippen MR) is 72.1 cm³/mol. The Bertz CT molecular complexity index is 504. The first-order chi connectivity index (χ1) is 8.72. The van der Waals surface area contributed by atoms with Crippen molar-refractivity contribution in [3.63, 3.8) is 0 Å². The van der Waals surface area contributed by atoms with Gasteiger partial charge in [0, 0.05) is 13.1 Å². The zero-order valence-electron chi connectivity index (χ0n) is 10.3. The molecule has 0 saturated heterocycles. The number of nitriles is 1. The number of nitrogens with zero attached hydrogens (tertiary/aromatic N) is 2. The smallest absolute Gasteiger partial charge is 0.263 e. The summed E-state index contributed by atoms with van der Waals surface area (Å²) in [6.07, 6.45) is 0.352. The maximum absolute atomic E-state index is 12.1. The second kappa shape index (κ2) is 7.50. The highest BCUT2D eigenvalue weighted by molar-refractivity contribution is 7.14. The van der Waals surface area contributed by atoms with Crippen molar-refractivity contribution in [2.75, 3.05) is 19.6 Å². The van der Waals surface area contributed by atoms with E-state index in [0.717, 1.165) is 4.88 Å². The topological polar surface area (TPSA) is 70.1 Å². The molecule has 94 valence electrons. The predicted octanol–water partition coefficient (Wildman–Crippen LogP) is 1.43. The fraction of sp³-hybridized carbons (Fsp3) is 0.385. The summed E-state index contributed by atoms with van der Waals surface area (Å²) in [5, 5.41) is 8.55. The van der Waals surface area contributed by atoms with Crippen LogP contribution in [0.5, 0.6) is 0 Å². The summed E-state index contributed by atoms with van der Waals surface area (Å²) in [7, 11) is 0. The maximum Gasteiger partial charge on any atom is 0.263 e. The Hall–Kier alpha value is -1.82. The van der Waals surface area contributed by atoms with Crippen LogP contribution in [-0.2, 0) is 0 Å². The fourth-order valence-electron chi connectivity index (χ4n) is 1.40. The average Bonchev–Trinajstić information content (AvgIpc) is 2.85. The number of carbonyl (C=O) groups is 1. The molecule has 0 aliphatic heterocycles. The number of hydrogen-bond donors (Lipinski definition) is 1. The van der Waals surface area contributed by atoms with E-state index >= 15 is 0 Å². The lowest BCUT2D eigenvalue weighted by Gasteiger charge is -2.18. The van der Waals surface area contributed by atoms with Crippen LogP contribution in [0.25, 0.3) is 0 Å². The first-order valence-corrected chi connectivity index (χ1v) is 6.49. The molecule has 0 bridgehead atoms. The molecule has 1 amide bonds. The molecule has 0 aliphatic carbocycles. The Balaban J connectivity index is 2.76. The number of hydrogen-bond acceptors (Lipinski definition) is 4. The minimum atomic E-state index is -0.0430. The van der Waals surface area contributed by atoms with E-state index in [1.165, 1.54) is 11.3 Å². The fourth-order valence-corrected chi connectivity index (χ4v) is 2.25. The standard InChI is InChI=1S/C13H15N3OS/c1-2-16(10-4-9-15)13(17)12-7-6-11(18-12)5-3-8-14/h6-7H,2,4,8,10,14H2,1H3. The van der Waals surface area contributed by atoms with Gasteiger partial charge >= 0.3 is 0 Å². The Morgan fingerprint density at radius 1 is 1.56 bits per heavy atom. The number of rotatable bonds is 4.